The number of amides is 2. The maximum atomic E-state index is 12.4. The van der Waals surface area contributed by atoms with Gasteiger partial charge in [0.1, 0.15) is 17.4 Å². The summed E-state index contributed by atoms with van der Waals surface area (Å²) in [6.45, 7) is 5.89. The van der Waals surface area contributed by atoms with Crippen LogP contribution >= 0.6 is 0 Å². The fourth-order valence-electron chi connectivity index (χ4n) is 2.47. The number of phenols is 1. The van der Waals surface area contributed by atoms with Gasteiger partial charge in [-0.3, -0.25) is 4.79 Å². The second kappa shape index (κ2) is 6.79. The first-order chi connectivity index (χ1) is 11.2. The lowest BCUT2D eigenvalue weighted by molar-refractivity contribution is -0.129. The Morgan fingerprint density at radius 1 is 1.50 bits per heavy atom. The van der Waals surface area contributed by atoms with E-state index in [4.69, 9.17) is 10.00 Å². The number of rotatable bonds is 3. The number of alkyl carbamates (subject to hydrolysis) is 1. The van der Waals surface area contributed by atoms with Crippen LogP contribution in [0.5, 0.6) is 5.75 Å². The van der Waals surface area contributed by atoms with Crippen molar-refractivity contribution < 1.29 is 19.4 Å². The number of phenolic OH excluding ortho intramolecular Hbond substituents is 1. The fourth-order valence-corrected chi connectivity index (χ4v) is 2.47. The van der Waals surface area contributed by atoms with Gasteiger partial charge in [-0.15, -0.1) is 0 Å². The van der Waals surface area contributed by atoms with Crippen LogP contribution in [0.3, 0.4) is 0 Å². The van der Waals surface area contributed by atoms with Crippen molar-refractivity contribution >= 4 is 12.0 Å². The topological polar surface area (TPSA) is 103 Å². The summed E-state index contributed by atoms with van der Waals surface area (Å²) in [5, 5.41) is 21.4. The average Bonchev–Trinajstić information content (AvgIpc) is 2.80. The molecular formula is C17H21N3O4. The number of likely N-dealkylation sites (tertiary alicyclic amines) is 1. The lowest BCUT2D eigenvalue weighted by Gasteiger charge is -2.22. The van der Waals surface area contributed by atoms with Gasteiger partial charge in [-0.1, -0.05) is 0 Å². The molecule has 0 saturated carbocycles. The standard InChI is InChI=1S/C17H21N3O4/c1-17(2,3)24-16(23)19-13-6-7-20(15(13)22)10-12-8-11(9-18)4-5-14(12)21/h4-5,8,13,21H,6-7,10H2,1-3H3,(H,19,23)/t13-/m0/s1. The Labute approximate surface area is 140 Å². The van der Waals surface area contributed by atoms with E-state index >= 15 is 0 Å². The molecule has 1 aliphatic heterocycles. The summed E-state index contributed by atoms with van der Waals surface area (Å²) in [5.74, 6) is -0.201. The maximum absolute atomic E-state index is 12.4. The molecule has 1 aromatic carbocycles. The van der Waals surface area contributed by atoms with E-state index < -0.39 is 17.7 Å². The van der Waals surface area contributed by atoms with Gasteiger partial charge in [0.2, 0.25) is 5.91 Å². The van der Waals surface area contributed by atoms with E-state index in [1.807, 2.05) is 6.07 Å². The lowest BCUT2D eigenvalue weighted by Crippen LogP contribution is -2.43. The predicted molar refractivity (Wildman–Crippen MR) is 86.0 cm³/mol. The van der Waals surface area contributed by atoms with Crippen molar-refractivity contribution in [3.63, 3.8) is 0 Å². The van der Waals surface area contributed by atoms with Crippen LogP contribution in [0.1, 0.15) is 38.3 Å². The number of nitrogens with zero attached hydrogens (tertiary/aromatic N) is 2. The molecule has 128 valence electrons. The van der Waals surface area contributed by atoms with E-state index in [0.717, 1.165) is 0 Å². The summed E-state index contributed by atoms with van der Waals surface area (Å²) in [6.07, 6.45) is -0.159. The first-order valence-electron chi connectivity index (χ1n) is 7.70. The Morgan fingerprint density at radius 3 is 2.83 bits per heavy atom. The Hall–Kier alpha value is -2.75. The van der Waals surface area contributed by atoms with E-state index in [9.17, 15) is 14.7 Å². The van der Waals surface area contributed by atoms with Crippen LogP contribution in [0, 0.1) is 11.3 Å². The first-order valence-corrected chi connectivity index (χ1v) is 7.70. The minimum atomic E-state index is -0.638. The normalized spacial score (nSPS) is 17.5. The Bertz CT molecular complexity index is 688. The van der Waals surface area contributed by atoms with Crippen LogP contribution in [0.15, 0.2) is 18.2 Å². The van der Waals surface area contributed by atoms with Crippen molar-refractivity contribution in [2.24, 2.45) is 0 Å². The number of hydrogen-bond acceptors (Lipinski definition) is 5. The van der Waals surface area contributed by atoms with Gasteiger partial charge in [0.05, 0.1) is 11.6 Å². The Kier molecular flexibility index (Phi) is 4.98. The van der Waals surface area contributed by atoms with Crippen LogP contribution in [0.2, 0.25) is 0 Å². The lowest BCUT2D eigenvalue weighted by atomic mass is 10.1. The minimum absolute atomic E-state index is 0.0327. The monoisotopic (exact) mass is 331 g/mol. The number of aromatic hydroxyl groups is 1. The molecule has 2 amide bonds. The van der Waals surface area contributed by atoms with E-state index in [1.165, 1.54) is 17.0 Å². The summed E-state index contributed by atoms with van der Waals surface area (Å²) in [6, 6.07) is 5.86. The summed E-state index contributed by atoms with van der Waals surface area (Å²) in [7, 11) is 0. The number of benzene rings is 1. The molecule has 1 aromatic rings. The van der Waals surface area contributed by atoms with Gasteiger partial charge in [-0.05, 0) is 45.4 Å². The van der Waals surface area contributed by atoms with Crippen molar-refractivity contribution in [1.82, 2.24) is 10.2 Å². The smallest absolute Gasteiger partial charge is 0.408 e. The van der Waals surface area contributed by atoms with Crippen LogP contribution < -0.4 is 5.32 Å². The number of hydrogen-bond donors (Lipinski definition) is 2. The van der Waals surface area contributed by atoms with E-state index in [1.54, 1.807) is 26.8 Å². The molecule has 24 heavy (non-hydrogen) atoms. The van der Waals surface area contributed by atoms with Crippen LogP contribution in [0.4, 0.5) is 4.79 Å². The molecule has 0 spiro atoms. The molecule has 7 nitrogen and oxygen atoms in total. The van der Waals surface area contributed by atoms with Crippen molar-refractivity contribution in [1.29, 1.82) is 5.26 Å². The summed E-state index contributed by atoms with van der Waals surface area (Å²) in [4.78, 5) is 25.7. The molecule has 1 atom stereocenters. The maximum Gasteiger partial charge on any atom is 0.408 e. The highest BCUT2D eigenvalue weighted by atomic mass is 16.6. The molecule has 0 bridgehead atoms. The number of ether oxygens (including phenoxy) is 1. The van der Waals surface area contributed by atoms with Crippen molar-refractivity contribution in [3.8, 4) is 11.8 Å². The van der Waals surface area contributed by atoms with Crippen LogP contribution in [-0.4, -0.2) is 40.2 Å². The molecule has 0 radical (unpaired) electrons. The summed E-state index contributed by atoms with van der Waals surface area (Å²) < 4.78 is 5.15. The van der Waals surface area contributed by atoms with E-state index in [0.29, 0.717) is 24.1 Å². The summed E-state index contributed by atoms with van der Waals surface area (Å²) in [5.41, 5.74) is 0.285. The molecule has 7 heteroatoms. The number of nitrogens with one attached hydrogen (secondary N) is 1. The Balaban J connectivity index is 1.99. The second-order valence-electron chi connectivity index (χ2n) is 6.70. The zero-order valence-electron chi connectivity index (χ0n) is 14.0. The van der Waals surface area contributed by atoms with Gasteiger partial charge in [0, 0.05) is 18.7 Å². The highest BCUT2D eigenvalue weighted by Crippen LogP contribution is 2.23. The largest absolute Gasteiger partial charge is 0.508 e. The zero-order valence-corrected chi connectivity index (χ0v) is 14.0. The van der Waals surface area contributed by atoms with Gasteiger partial charge >= 0.3 is 6.09 Å². The van der Waals surface area contributed by atoms with Crippen molar-refractivity contribution in [3.05, 3.63) is 29.3 Å². The van der Waals surface area contributed by atoms with Gasteiger partial charge in [-0.2, -0.15) is 5.26 Å². The van der Waals surface area contributed by atoms with Gasteiger partial charge < -0.3 is 20.1 Å². The number of carbonyl (C=O) groups excluding carboxylic acids is 2. The third-order valence-corrected chi connectivity index (χ3v) is 3.56. The van der Waals surface area contributed by atoms with Crippen LogP contribution in [-0.2, 0) is 16.1 Å². The quantitative estimate of drug-likeness (QED) is 0.880. The average molecular weight is 331 g/mol. The van der Waals surface area contributed by atoms with Gasteiger partial charge in [0.15, 0.2) is 0 Å². The zero-order chi connectivity index (χ0) is 17.9. The highest BCUT2D eigenvalue weighted by molar-refractivity contribution is 5.87. The molecule has 2 rings (SSSR count). The molecule has 1 fully saturated rings. The molecule has 0 aromatic heterocycles. The number of carbonyl (C=O) groups is 2. The number of nitriles is 1. The molecule has 1 heterocycles. The summed E-state index contributed by atoms with van der Waals surface area (Å²) >= 11 is 0. The molecule has 0 aliphatic carbocycles. The third kappa shape index (κ3) is 4.38. The molecule has 2 N–H and O–H groups in total. The molecule has 0 unspecified atom stereocenters. The Morgan fingerprint density at radius 2 is 2.21 bits per heavy atom. The fraction of sp³-hybridized carbons (Fsp3) is 0.471. The molecule has 1 saturated heterocycles. The molecule has 1 aliphatic rings. The predicted octanol–water partition coefficient (Wildman–Crippen LogP) is 1.89. The third-order valence-electron chi connectivity index (χ3n) is 3.56. The van der Waals surface area contributed by atoms with Crippen LogP contribution in [0.25, 0.3) is 0 Å². The highest BCUT2D eigenvalue weighted by Gasteiger charge is 2.34. The van der Waals surface area contributed by atoms with Crippen molar-refractivity contribution in [2.45, 2.75) is 45.4 Å². The first kappa shape index (κ1) is 17.6. The van der Waals surface area contributed by atoms with E-state index in [2.05, 4.69) is 5.32 Å². The van der Waals surface area contributed by atoms with Gasteiger partial charge in [0.25, 0.3) is 0 Å². The van der Waals surface area contributed by atoms with E-state index in [-0.39, 0.29) is 18.2 Å². The SMILES string of the molecule is CC(C)(C)OC(=O)N[C@H]1CCN(Cc2cc(C#N)ccc2O)C1=O. The minimum Gasteiger partial charge on any atom is -0.508 e. The van der Waals surface area contributed by atoms with Crippen molar-refractivity contribution in [2.75, 3.05) is 6.54 Å². The van der Waals surface area contributed by atoms with Gasteiger partial charge in [-0.25, -0.2) is 4.79 Å². The second-order valence-corrected chi connectivity index (χ2v) is 6.70. The molecular weight excluding hydrogens is 310 g/mol.